The van der Waals surface area contributed by atoms with Crippen molar-refractivity contribution in [2.45, 2.75) is 32.5 Å². The van der Waals surface area contributed by atoms with Crippen LogP contribution in [0.1, 0.15) is 34.8 Å². The Morgan fingerprint density at radius 2 is 1.79 bits per heavy atom. The summed E-state index contributed by atoms with van der Waals surface area (Å²) in [6.07, 6.45) is 7.16. The van der Waals surface area contributed by atoms with Gasteiger partial charge in [-0.3, -0.25) is 9.88 Å². The highest BCUT2D eigenvalue weighted by Crippen LogP contribution is 2.33. The van der Waals surface area contributed by atoms with Crippen LogP contribution < -0.4 is 0 Å². The molecule has 0 aliphatic carbocycles. The molecule has 0 N–H and O–H groups in total. The van der Waals surface area contributed by atoms with Crippen molar-refractivity contribution in [3.8, 4) is 0 Å². The SMILES string of the molecule is Cc1ccc([C@@H]2c3cccn3CCCN2Cc2ccncc2)cc1. The summed E-state index contributed by atoms with van der Waals surface area (Å²) in [6, 6.07) is 18.0. The molecule has 4 rings (SSSR count). The monoisotopic (exact) mass is 317 g/mol. The van der Waals surface area contributed by atoms with Crippen LogP contribution in [0, 0.1) is 6.92 Å². The molecule has 3 aromatic rings. The molecule has 2 aromatic heterocycles. The number of aromatic nitrogens is 2. The van der Waals surface area contributed by atoms with Crippen molar-refractivity contribution < 1.29 is 0 Å². The molecule has 3 heteroatoms. The zero-order chi connectivity index (χ0) is 16.4. The van der Waals surface area contributed by atoms with E-state index in [1.807, 2.05) is 12.4 Å². The minimum Gasteiger partial charge on any atom is -0.350 e. The molecule has 0 spiro atoms. The van der Waals surface area contributed by atoms with Crippen LogP contribution in [0.25, 0.3) is 0 Å². The van der Waals surface area contributed by atoms with Crippen LogP contribution in [-0.4, -0.2) is 21.0 Å². The summed E-state index contributed by atoms with van der Waals surface area (Å²) in [4.78, 5) is 6.74. The molecule has 1 aromatic carbocycles. The van der Waals surface area contributed by atoms with Gasteiger partial charge in [0, 0.05) is 43.9 Å². The van der Waals surface area contributed by atoms with Crippen LogP contribution in [0.5, 0.6) is 0 Å². The summed E-state index contributed by atoms with van der Waals surface area (Å²) >= 11 is 0. The van der Waals surface area contributed by atoms with Crippen molar-refractivity contribution in [3.63, 3.8) is 0 Å². The molecule has 0 unspecified atom stereocenters. The zero-order valence-corrected chi connectivity index (χ0v) is 14.1. The number of pyridine rings is 1. The maximum absolute atomic E-state index is 4.15. The Kier molecular flexibility index (Phi) is 4.18. The van der Waals surface area contributed by atoms with Crippen molar-refractivity contribution in [3.05, 3.63) is 89.5 Å². The molecule has 0 saturated carbocycles. The molecule has 3 nitrogen and oxygen atoms in total. The minimum absolute atomic E-state index is 0.302. The smallest absolute Gasteiger partial charge is 0.0759 e. The Labute approximate surface area is 143 Å². The Bertz CT molecular complexity index is 789. The van der Waals surface area contributed by atoms with E-state index in [1.54, 1.807) is 0 Å². The van der Waals surface area contributed by atoms with Gasteiger partial charge in [-0.15, -0.1) is 0 Å². The maximum Gasteiger partial charge on any atom is 0.0759 e. The van der Waals surface area contributed by atoms with E-state index in [2.05, 4.69) is 76.1 Å². The molecular weight excluding hydrogens is 294 g/mol. The predicted molar refractivity (Wildman–Crippen MR) is 96.7 cm³/mol. The zero-order valence-electron chi connectivity index (χ0n) is 14.1. The van der Waals surface area contributed by atoms with Gasteiger partial charge in [0.1, 0.15) is 0 Å². The third-order valence-electron chi connectivity index (χ3n) is 4.88. The molecule has 1 atom stereocenters. The Balaban J connectivity index is 1.74. The number of benzene rings is 1. The van der Waals surface area contributed by atoms with E-state index in [9.17, 15) is 0 Å². The molecule has 1 aliphatic heterocycles. The molecule has 1 aliphatic rings. The average molecular weight is 317 g/mol. The third-order valence-corrected chi connectivity index (χ3v) is 4.88. The highest BCUT2D eigenvalue weighted by molar-refractivity contribution is 5.32. The fourth-order valence-corrected chi connectivity index (χ4v) is 3.66. The van der Waals surface area contributed by atoms with Gasteiger partial charge in [0.05, 0.1) is 6.04 Å². The summed E-state index contributed by atoms with van der Waals surface area (Å²) in [5.74, 6) is 0. The second-order valence-corrected chi connectivity index (χ2v) is 6.62. The van der Waals surface area contributed by atoms with E-state index < -0.39 is 0 Å². The molecule has 3 heterocycles. The van der Waals surface area contributed by atoms with Gasteiger partial charge in [0.15, 0.2) is 0 Å². The number of nitrogens with zero attached hydrogens (tertiary/aromatic N) is 3. The van der Waals surface area contributed by atoms with Crippen LogP contribution in [0.2, 0.25) is 0 Å². The van der Waals surface area contributed by atoms with Gasteiger partial charge >= 0.3 is 0 Å². The topological polar surface area (TPSA) is 21.1 Å². The molecule has 122 valence electrons. The summed E-state index contributed by atoms with van der Waals surface area (Å²) in [5, 5.41) is 0. The molecular formula is C21H23N3. The number of aryl methyl sites for hydroxylation is 2. The van der Waals surface area contributed by atoms with Gasteiger partial charge in [-0.1, -0.05) is 29.8 Å². The highest BCUT2D eigenvalue weighted by atomic mass is 15.2. The first-order valence-electron chi connectivity index (χ1n) is 8.66. The van der Waals surface area contributed by atoms with Crippen LogP contribution in [0.15, 0.2) is 67.1 Å². The highest BCUT2D eigenvalue weighted by Gasteiger charge is 2.27. The second-order valence-electron chi connectivity index (χ2n) is 6.62. The van der Waals surface area contributed by atoms with E-state index in [0.717, 1.165) is 19.6 Å². The normalized spacial score (nSPS) is 18.1. The fourth-order valence-electron chi connectivity index (χ4n) is 3.66. The van der Waals surface area contributed by atoms with Crippen LogP contribution in [0.3, 0.4) is 0 Å². The lowest BCUT2D eigenvalue weighted by Crippen LogP contribution is -2.29. The maximum atomic E-state index is 4.15. The van der Waals surface area contributed by atoms with E-state index in [4.69, 9.17) is 0 Å². The summed E-state index contributed by atoms with van der Waals surface area (Å²) in [7, 11) is 0. The standard InChI is InChI=1S/C21H23N3/c1-17-5-7-19(8-6-17)21-20-4-2-13-23(20)14-3-15-24(21)16-18-9-11-22-12-10-18/h2,4-13,21H,3,14-16H2,1H3/t21-/m1/s1. The van der Waals surface area contributed by atoms with E-state index in [0.29, 0.717) is 6.04 Å². The van der Waals surface area contributed by atoms with Crippen molar-refractivity contribution >= 4 is 0 Å². The van der Waals surface area contributed by atoms with Crippen molar-refractivity contribution in [2.24, 2.45) is 0 Å². The molecule has 0 fully saturated rings. The summed E-state index contributed by atoms with van der Waals surface area (Å²) in [5.41, 5.74) is 5.40. The lowest BCUT2D eigenvalue weighted by molar-refractivity contribution is 0.220. The Hall–Kier alpha value is -2.39. The average Bonchev–Trinajstić information content (AvgIpc) is 2.99. The van der Waals surface area contributed by atoms with E-state index in [-0.39, 0.29) is 0 Å². The predicted octanol–water partition coefficient (Wildman–Crippen LogP) is 4.19. The lowest BCUT2D eigenvalue weighted by Gasteiger charge is -2.30. The van der Waals surface area contributed by atoms with Gasteiger partial charge < -0.3 is 4.57 Å². The number of rotatable bonds is 3. The van der Waals surface area contributed by atoms with Gasteiger partial charge in [-0.05, 0) is 48.7 Å². The fraction of sp³-hybridized carbons (Fsp3) is 0.286. The quantitative estimate of drug-likeness (QED) is 0.722. The van der Waals surface area contributed by atoms with Crippen molar-refractivity contribution in [2.75, 3.05) is 6.54 Å². The van der Waals surface area contributed by atoms with Gasteiger partial charge in [0.25, 0.3) is 0 Å². The van der Waals surface area contributed by atoms with Crippen molar-refractivity contribution in [1.29, 1.82) is 0 Å². The number of hydrogen-bond donors (Lipinski definition) is 0. The van der Waals surface area contributed by atoms with Gasteiger partial charge in [0.2, 0.25) is 0 Å². The third kappa shape index (κ3) is 3.00. The van der Waals surface area contributed by atoms with E-state index >= 15 is 0 Å². The minimum atomic E-state index is 0.302. The molecule has 0 amide bonds. The summed E-state index contributed by atoms with van der Waals surface area (Å²) in [6.45, 7) is 5.29. The number of hydrogen-bond acceptors (Lipinski definition) is 2. The Morgan fingerprint density at radius 3 is 2.58 bits per heavy atom. The van der Waals surface area contributed by atoms with E-state index in [1.165, 1.54) is 28.8 Å². The summed E-state index contributed by atoms with van der Waals surface area (Å²) < 4.78 is 2.41. The van der Waals surface area contributed by atoms with Crippen molar-refractivity contribution in [1.82, 2.24) is 14.5 Å². The first kappa shape index (κ1) is 15.2. The molecule has 0 saturated heterocycles. The van der Waals surface area contributed by atoms with Crippen LogP contribution in [0.4, 0.5) is 0 Å². The molecule has 0 radical (unpaired) electrons. The largest absolute Gasteiger partial charge is 0.350 e. The lowest BCUT2D eigenvalue weighted by atomic mass is 10.00. The second kappa shape index (κ2) is 6.62. The van der Waals surface area contributed by atoms with Gasteiger partial charge in [-0.25, -0.2) is 0 Å². The first-order chi connectivity index (χ1) is 11.8. The van der Waals surface area contributed by atoms with Crippen LogP contribution in [-0.2, 0) is 13.1 Å². The van der Waals surface area contributed by atoms with Gasteiger partial charge in [-0.2, -0.15) is 0 Å². The number of fused-ring (bicyclic) bond motifs is 1. The Morgan fingerprint density at radius 1 is 1.00 bits per heavy atom. The van der Waals surface area contributed by atoms with Crippen LogP contribution >= 0.6 is 0 Å². The molecule has 0 bridgehead atoms. The first-order valence-corrected chi connectivity index (χ1v) is 8.66. The molecule has 24 heavy (non-hydrogen) atoms.